The fraction of sp³-hybridized carbons (Fsp3) is 0.432. The molecule has 3 N–H and O–H groups in total. The molecule has 3 amide bonds. The lowest BCUT2D eigenvalue weighted by molar-refractivity contribution is -0.146. The second kappa shape index (κ2) is 16.2. The van der Waals surface area contributed by atoms with E-state index in [0.29, 0.717) is 6.54 Å². The van der Waals surface area contributed by atoms with E-state index in [4.69, 9.17) is 5.21 Å². The van der Waals surface area contributed by atoms with Gasteiger partial charge in [0, 0.05) is 19.4 Å². The van der Waals surface area contributed by atoms with Crippen LogP contribution in [-0.2, 0) is 20.8 Å². The van der Waals surface area contributed by atoms with Crippen molar-refractivity contribution in [3.05, 3.63) is 95.6 Å². The summed E-state index contributed by atoms with van der Waals surface area (Å²) in [6, 6.07) is 25.8. The molecule has 7 heteroatoms. The predicted octanol–water partition coefficient (Wildman–Crippen LogP) is 7.03. The van der Waals surface area contributed by atoms with Gasteiger partial charge in [0.05, 0.1) is 6.04 Å². The van der Waals surface area contributed by atoms with Crippen LogP contribution in [0.3, 0.4) is 0 Å². The first-order chi connectivity index (χ1) is 20.9. The van der Waals surface area contributed by atoms with E-state index in [0.717, 1.165) is 24.8 Å². The Labute approximate surface area is 263 Å². The quantitative estimate of drug-likeness (QED) is 0.137. The minimum Gasteiger partial charge on any atom is -0.348 e. The maximum Gasteiger partial charge on any atom is 0.243 e. The summed E-state index contributed by atoms with van der Waals surface area (Å²) in [5.74, 6) is -1.01. The normalized spacial score (nSPS) is 13.4. The van der Waals surface area contributed by atoms with Gasteiger partial charge in [0.2, 0.25) is 17.7 Å². The Hall–Kier alpha value is -3.97. The summed E-state index contributed by atoms with van der Waals surface area (Å²) in [6.07, 6.45) is 2.48. The molecule has 0 aromatic heterocycles. The van der Waals surface area contributed by atoms with E-state index in [1.54, 1.807) is 10.4 Å². The summed E-state index contributed by atoms with van der Waals surface area (Å²) in [7, 11) is 0. The number of hydrogen-bond acceptors (Lipinski definition) is 4. The van der Waals surface area contributed by atoms with E-state index in [9.17, 15) is 14.4 Å². The van der Waals surface area contributed by atoms with Gasteiger partial charge in [-0.3, -0.25) is 19.6 Å². The highest BCUT2D eigenvalue weighted by Crippen LogP contribution is 2.29. The molecule has 0 unspecified atom stereocenters. The summed E-state index contributed by atoms with van der Waals surface area (Å²) in [6.45, 7) is 12.4. The molecule has 7 nitrogen and oxygen atoms in total. The van der Waals surface area contributed by atoms with Crippen molar-refractivity contribution in [3.8, 4) is 11.1 Å². The highest BCUT2D eigenvalue weighted by Gasteiger charge is 2.40. The average molecular weight is 600 g/mol. The average Bonchev–Trinajstić information content (AvgIpc) is 2.99. The van der Waals surface area contributed by atoms with E-state index < -0.39 is 17.4 Å². The Morgan fingerprint density at radius 2 is 1.52 bits per heavy atom. The van der Waals surface area contributed by atoms with Crippen molar-refractivity contribution < 1.29 is 19.6 Å². The molecule has 0 aliphatic rings. The zero-order chi connectivity index (χ0) is 32.3. The molecule has 0 bridgehead atoms. The first-order valence-electron chi connectivity index (χ1n) is 15.6. The van der Waals surface area contributed by atoms with Gasteiger partial charge in [0.25, 0.3) is 0 Å². The maximum atomic E-state index is 13.8. The van der Waals surface area contributed by atoms with Crippen molar-refractivity contribution in [2.24, 2.45) is 11.3 Å². The fourth-order valence-electron chi connectivity index (χ4n) is 5.80. The standard InChI is InChI=1S/C37H49N3O4/c1-26(14-13-15-29-20-21-32(27(2)24-29)31-18-11-8-12-19-31)25-40(34(42)23-22-33(41)39-44)35(37(4,5)6)36(43)38-28(3)30-16-9-7-10-17-30/h7-12,16-21,24,26,28,35,44H,13-15,22-23,25H2,1-6H3,(H,38,43)(H,39,41)/t26-,28-,35-/m1/s1. The van der Waals surface area contributed by atoms with Crippen LogP contribution in [0.25, 0.3) is 11.1 Å². The first-order valence-corrected chi connectivity index (χ1v) is 15.6. The number of aryl methyl sites for hydroxylation is 2. The molecule has 0 saturated carbocycles. The summed E-state index contributed by atoms with van der Waals surface area (Å²) in [5, 5.41) is 12.1. The van der Waals surface area contributed by atoms with Crippen molar-refractivity contribution >= 4 is 17.7 Å². The van der Waals surface area contributed by atoms with Crippen LogP contribution >= 0.6 is 0 Å². The second-order valence-electron chi connectivity index (χ2n) is 13.0. The Bertz CT molecular complexity index is 1370. The number of nitrogens with zero attached hydrogens (tertiary/aromatic N) is 1. The molecule has 0 saturated heterocycles. The molecule has 3 aromatic carbocycles. The molecule has 0 spiro atoms. The van der Waals surface area contributed by atoms with Crippen molar-refractivity contribution in [3.63, 3.8) is 0 Å². The number of carbonyl (C=O) groups is 3. The lowest BCUT2D eigenvalue weighted by Crippen LogP contribution is -2.57. The van der Waals surface area contributed by atoms with Gasteiger partial charge in [0.1, 0.15) is 6.04 Å². The molecule has 0 heterocycles. The molecular weight excluding hydrogens is 550 g/mol. The molecule has 0 radical (unpaired) electrons. The van der Waals surface area contributed by atoms with Crippen LogP contribution in [0.4, 0.5) is 0 Å². The maximum absolute atomic E-state index is 13.8. The number of carbonyl (C=O) groups excluding carboxylic acids is 3. The van der Waals surface area contributed by atoms with Gasteiger partial charge in [0.15, 0.2) is 0 Å². The Balaban J connectivity index is 1.72. The van der Waals surface area contributed by atoms with Crippen LogP contribution < -0.4 is 10.8 Å². The van der Waals surface area contributed by atoms with Crippen LogP contribution in [-0.4, -0.2) is 40.4 Å². The molecular formula is C37H49N3O4. The Morgan fingerprint density at radius 1 is 0.886 bits per heavy atom. The second-order valence-corrected chi connectivity index (χ2v) is 13.0. The summed E-state index contributed by atoms with van der Waals surface area (Å²) >= 11 is 0. The van der Waals surface area contributed by atoms with Crippen LogP contribution in [0.1, 0.15) is 83.0 Å². The summed E-state index contributed by atoms with van der Waals surface area (Å²) in [4.78, 5) is 40.9. The van der Waals surface area contributed by atoms with Crippen LogP contribution in [0.5, 0.6) is 0 Å². The van der Waals surface area contributed by atoms with Crippen LogP contribution in [0.15, 0.2) is 78.9 Å². The SMILES string of the molecule is Cc1cc(CCC[C@@H](C)CN(C(=O)CCC(=O)NO)[C@H](C(=O)N[C@H](C)c2ccccc2)C(C)(C)C)ccc1-c1ccccc1. The Kier molecular flexibility index (Phi) is 12.7. The third kappa shape index (κ3) is 10.1. The van der Waals surface area contributed by atoms with Gasteiger partial charge in [-0.1, -0.05) is 107 Å². The van der Waals surface area contributed by atoms with Gasteiger partial charge in [-0.25, -0.2) is 5.48 Å². The number of benzene rings is 3. The summed E-state index contributed by atoms with van der Waals surface area (Å²) in [5.41, 5.74) is 6.98. The molecule has 236 valence electrons. The Morgan fingerprint density at radius 3 is 2.11 bits per heavy atom. The van der Waals surface area contributed by atoms with Gasteiger partial charge in [-0.2, -0.15) is 0 Å². The molecule has 0 aliphatic heterocycles. The minimum atomic E-state index is -0.742. The number of rotatable bonds is 14. The zero-order valence-corrected chi connectivity index (χ0v) is 27.1. The number of hydroxylamine groups is 1. The topological polar surface area (TPSA) is 98.7 Å². The highest BCUT2D eigenvalue weighted by atomic mass is 16.5. The lowest BCUT2D eigenvalue weighted by Gasteiger charge is -2.41. The van der Waals surface area contributed by atoms with Crippen molar-refractivity contribution in [1.82, 2.24) is 15.7 Å². The number of amides is 3. The van der Waals surface area contributed by atoms with E-state index in [1.165, 1.54) is 22.3 Å². The monoisotopic (exact) mass is 599 g/mol. The van der Waals surface area contributed by atoms with Crippen molar-refractivity contribution in [2.45, 2.75) is 85.7 Å². The molecule has 0 fully saturated rings. The third-order valence-corrected chi connectivity index (χ3v) is 8.10. The number of nitrogens with one attached hydrogen (secondary N) is 2. The lowest BCUT2D eigenvalue weighted by atomic mass is 9.83. The largest absolute Gasteiger partial charge is 0.348 e. The van der Waals surface area contributed by atoms with E-state index in [2.05, 4.69) is 61.6 Å². The molecule has 0 aliphatic carbocycles. The van der Waals surface area contributed by atoms with Gasteiger partial charge in [-0.05, 0) is 72.3 Å². The van der Waals surface area contributed by atoms with E-state index in [-0.39, 0.29) is 36.6 Å². The smallest absolute Gasteiger partial charge is 0.243 e. The molecule has 44 heavy (non-hydrogen) atoms. The summed E-state index contributed by atoms with van der Waals surface area (Å²) < 4.78 is 0. The van der Waals surface area contributed by atoms with Gasteiger partial charge in [-0.15, -0.1) is 0 Å². The van der Waals surface area contributed by atoms with Gasteiger partial charge < -0.3 is 10.2 Å². The molecule has 3 aromatic rings. The van der Waals surface area contributed by atoms with Crippen molar-refractivity contribution in [2.75, 3.05) is 6.54 Å². The van der Waals surface area contributed by atoms with E-state index in [1.807, 2.05) is 64.1 Å². The minimum absolute atomic E-state index is 0.0970. The molecule has 3 rings (SSSR count). The molecule has 3 atom stereocenters. The van der Waals surface area contributed by atoms with Crippen molar-refractivity contribution in [1.29, 1.82) is 0 Å². The fourth-order valence-corrected chi connectivity index (χ4v) is 5.80. The van der Waals surface area contributed by atoms with Crippen LogP contribution in [0, 0.1) is 18.3 Å². The highest BCUT2D eigenvalue weighted by molar-refractivity contribution is 5.90. The number of hydrogen-bond donors (Lipinski definition) is 3. The predicted molar refractivity (Wildman–Crippen MR) is 176 cm³/mol. The van der Waals surface area contributed by atoms with E-state index >= 15 is 0 Å². The third-order valence-electron chi connectivity index (χ3n) is 8.10. The van der Waals surface area contributed by atoms with Gasteiger partial charge >= 0.3 is 0 Å². The van der Waals surface area contributed by atoms with Crippen LogP contribution in [0.2, 0.25) is 0 Å². The first kappa shape index (κ1) is 34.5. The zero-order valence-electron chi connectivity index (χ0n) is 27.1.